The summed E-state index contributed by atoms with van der Waals surface area (Å²) in [5.41, 5.74) is 0. The van der Waals surface area contributed by atoms with Crippen molar-refractivity contribution in [2.45, 2.75) is 25.3 Å². The summed E-state index contributed by atoms with van der Waals surface area (Å²) < 4.78 is 0. The van der Waals surface area contributed by atoms with Gasteiger partial charge in [0.25, 0.3) is 0 Å². The molecule has 0 aliphatic carbocycles. The normalized spacial score (nSPS) is 21.3. The Labute approximate surface area is 96.3 Å². The van der Waals surface area contributed by atoms with Gasteiger partial charge in [-0.2, -0.15) is 0 Å². The molecule has 1 N–H and O–H groups in total. The van der Waals surface area contributed by atoms with Crippen molar-refractivity contribution in [3.05, 3.63) is 22.4 Å². The molecule has 1 aliphatic heterocycles. The van der Waals surface area contributed by atoms with Crippen molar-refractivity contribution in [1.29, 1.82) is 0 Å². The van der Waals surface area contributed by atoms with Crippen LogP contribution >= 0.6 is 11.3 Å². The maximum atomic E-state index is 3.54. The molecule has 1 aromatic heterocycles. The molecule has 84 valence electrons. The van der Waals surface area contributed by atoms with Crippen LogP contribution in [0.4, 0.5) is 0 Å². The molecule has 0 aromatic carbocycles. The van der Waals surface area contributed by atoms with Crippen LogP contribution in [0.15, 0.2) is 17.5 Å². The lowest BCUT2D eigenvalue weighted by Gasteiger charge is -2.20. The number of likely N-dealkylation sites (N-methyl/N-ethyl adjacent to an activating group) is 1. The van der Waals surface area contributed by atoms with Crippen LogP contribution in [0, 0.1) is 0 Å². The summed E-state index contributed by atoms with van der Waals surface area (Å²) in [6, 6.07) is 5.10. The predicted molar refractivity (Wildman–Crippen MR) is 66.5 cm³/mol. The van der Waals surface area contributed by atoms with E-state index in [4.69, 9.17) is 0 Å². The van der Waals surface area contributed by atoms with E-state index in [1.807, 2.05) is 11.3 Å². The molecule has 1 saturated heterocycles. The highest BCUT2D eigenvalue weighted by molar-refractivity contribution is 7.09. The molecule has 0 amide bonds. The molecular formula is C12H20N2S. The minimum absolute atomic E-state index is 0.735. The van der Waals surface area contributed by atoms with Crippen LogP contribution in [0.1, 0.15) is 17.7 Å². The first-order valence-electron chi connectivity index (χ1n) is 5.79. The summed E-state index contributed by atoms with van der Waals surface area (Å²) in [5.74, 6) is 0. The minimum Gasteiger partial charge on any atom is -0.313 e. The molecule has 0 unspecified atom stereocenters. The third kappa shape index (κ3) is 3.59. The number of nitrogens with one attached hydrogen (secondary N) is 1. The number of nitrogens with zero attached hydrogens (tertiary/aromatic N) is 1. The van der Waals surface area contributed by atoms with Crippen molar-refractivity contribution >= 4 is 11.3 Å². The third-order valence-electron chi connectivity index (χ3n) is 3.01. The zero-order valence-corrected chi connectivity index (χ0v) is 10.2. The van der Waals surface area contributed by atoms with Crippen LogP contribution in [0.5, 0.6) is 0 Å². The molecule has 0 radical (unpaired) electrons. The molecule has 1 aliphatic rings. The maximum Gasteiger partial charge on any atom is 0.0195 e. The van der Waals surface area contributed by atoms with Gasteiger partial charge in [-0.05, 0) is 44.3 Å². The van der Waals surface area contributed by atoms with Crippen LogP contribution in [0.2, 0.25) is 0 Å². The molecule has 2 rings (SSSR count). The average Bonchev–Trinajstić information content (AvgIpc) is 2.86. The summed E-state index contributed by atoms with van der Waals surface area (Å²) in [4.78, 5) is 3.95. The first-order valence-corrected chi connectivity index (χ1v) is 6.67. The fraction of sp³-hybridized carbons (Fsp3) is 0.667. The summed E-state index contributed by atoms with van der Waals surface area (Å²) in [7, 11) is 2.23. The maximum absolute atomic E-state index is 3.54. The van der Waals surface area contributed by atoms with Crippen molar-refractivity contribution in [2.75, 3.05) is 26.7 Å². The lowest BCUT2D eigenvalue weighted by atomic mass is 10.2. The molecule has 1 atom stereocenters. The van der Waals surface area contributed by atoms with Gasteiger partial charge in [-0.25, -0.2) is 0 Å². The zero-order chi connectivity index (χ0) is 10.5. The second-order valence-electron chi connectivity index (χ2n) is 4.38. The summed E-state index contributed by atoms with van der Waals surface area (Å²) in [5, 5.41) is 5.70. The van der Waals surface area contributed by atoms with Crippen molar-refractivity contribution in [1.82, 2.24) is 10.2 Å². The SMILES string of the molecule is CN(CCc1cccs1)C[C@@H]1CCCN1. The van der Waals surface area contributed by atoms with Gasteiger partial charge in [0.1, 0.15) is 0 Å². The minimum atomic E-state index is 0.735. The van der Waals surface area contributed by atoms with E-state index in [1.165, 1.54) is 43.8 Å². The zero-order valence-electron chi connectivity index (χ0n) is 9.41. The molecule has 1 aromatic rings. The molecule has 0 saturated carbocycles. The Hall–Kier alpha value is -0.380. The Bertz CT molecular complexity index is 265. The number of thiophene rings is 1. The van der Waals surface area contributed by atoms with Crippen LogP contribution in [0.3, 0.4) is 0 Å². The topological polar surface area (TPSA) is 15.3 Å². The van der Waals surface area contributed by atoms with E-state index in [0.717, 1.165) is 6.04 Å². The standard InChI is InChI=1S/C12H20N2S/c1-14(10-11-4-2-7-13-11)8-6-12-5-3-9-15-12/h3,5,9,11,13H,2,4,6-8,10H2,1H3/t11-/m0/s1. The Balaban J connectivity index is 1.66. The van der Waals surface area contributed by atoms with E-state index < -0.39 is 0 Å². The van der Waals surface area contributed by atoms with Crippen LogP contribution in [-0.2, 0) is 6.42 Å². The first-order chi connectivity index (χ1) is 7.34. The first kappa shape index (κ1) is 11.1. The summed E-state index contributed by atoms with van der Waals surface area (Å²) in [6.07, 6.45) is 3.90. The van der Waals surface area contributed by atoms with Gasteiger partial charge in [0.15, 0.2) is 0 Å². The molecule has 3 heteroatoms. The second kappa shape index (κ2) is 5.64. The van der Waals surface area contributed by atoms with E-state index in [-0.39, 0.29) is 0 Å². The Kier molecular flexibility index (Phi) is 4.18. The van der Waals surface area contributed by atoms with E-state index in [0.29, 0.717) is 0 Å². The van der Waals surface area contributed by atoms with Gasteiger partial charge >= 0.3 is 0 Å². The van der Waals surface area contributed by atoms with Crippen molar-refractivity contribution in [2.24, 2.45) is 0 Å². The summed E-state index contributed by atoms with van der Waals surface area (Å²) >= 11 is 1.87. The molecule has 2 nitrogen and oxygen atoms in total. The van der Waals surface area contributed by atoms with Gasteiger partial charge in [0.05, 0.1) is 0 Å². The smallest absolute Gasteiger partial charge is 0.0195 e. The van der Waals surface area contributed by atoms with Crippen molar-refractivity contribution in [3.8, 4) is 0 Å². The van der Waals surface area contributed by atoms with E-state index >= 15 is 0 Å². The van der Waals surface area contributed by atoms with Gasteiger partial charge in [-0.15, -0.1) is 11.3 Å². The number of rotatable bonds is 5. The lowest BCUT2D eigenvalue weighted by molar-refractivity contribution is 0.304. The molecule has 2 heterocycles. The van der Waals surface area contributed by atoms with Gasteiger partial charge in [-0.3, -0.25) is 0 Å². The molecular weight excluding hydrogens is 204 g/mol. The third-order valence-corrected chi connectivity index (χ3v) is 3.95. The quantitative estimate of drug-likeness (QED) is 0.822. The van der Waals surface area contributed by atoms with Gasteiger partial charge in [-0.1, -0.05) is 6.07 Å². The highest BCUT2D eigenvalue weighted by atomic mass is 32.1. The van der Waals surface area contributed by atoms with E-state index in [2.05, 4.69) is 34.8 Å². The van der Waals surface area contributed by atoms with Crippen LogP contribution < -0.4 is 5.32 Å². The van der Waals surface area contributed by atoms with Crippen molar-refractivity contribution < 1.29 is 0 Å². The molecule has 15 heavy (non-hydrogen) atoms. The Morgan fingerprint density at radius 2 is 2.53 bits per heavy atom. The molecule has 1 fully saturated rings. The molecule has 0 spiro atoms. The summed E-state index contributed by atoms with van der Waals surface area (Å²) in [6.45, 7) is 3.59. The van der Waals surface area contributed by atoms with Gasteiger partial charge in [0, 0.05) is 24.0 Å². The fourth-order valence-electron chi connectivity index (χ4n) is 2.14. The second-order valence-corrected chi connectivity index (χ2v) is 5.42. The van der Waals surface area contributed by atoms with Crippen LogP contribution in [-0.4, -0.2) is 37.6 Å². The lowest BCUT2D eigenvalue weighted by Crippen LogP contribution is -2.36. The van der Waals surface area contributed by atoms with E-state index in [9.17, 15) is 0 Å². The van der Waals surface area contributed by atoms with Crippen LogP contribution in [0.25, 0.3) is 0 Å². The average molecular weight is 224 g/mol. The predicted octanol–water partition coefficient (Wildman–Crippen LogP) is 1.97. The highest BCUT2D eigenvalue weighted by Gasteiger charge is 2.15. The number of hydrogen-bond donors (Lipinski definition) is 1. The molecule has 0 bridgehead atoms. The largest absolute Gasteiger partial charge is 0.313 e. The number of hydrogen-bond acceptors (Lipinski definition) is 3. The van der Waals surface area contributed by atoms with Crippen molar-refractivity contribution in [3.63, 3.8) is 0 Å². The fourth-order valence-corrected chi connectivity index (χ4v) is 2.83. The Morgan fingerprint density at radius 3 is 3.20 bits per heavy atom. The van der Waals surface area contributed by atoms with Gasteiger partial charge < -0.3 is 10.2 Å². The monoisotopic (exact) mass is 224 g/mol. The Morgan fingerprint density at radius 1 is 1.60 bits per heavy atom. The van der Waals surface area contributed by atoms with Gasteiger partial charge in [0.2, 0.25) is 0 Å². The highest BCUT2D eigenvalue weighted by Crippen LogP contribution is 2.10. The van der Waals surface area contributed by atoms with E-state index in [1.54, 1.807) is 0 Å².